The highest BCUT2D eigenvalue weighted by atomic mass is 16.1. The molecule has 0 aliphatic heterocycles. The summed E-state index contributed by atoms with van der Waals surface area (Å²) in [6.07, 6.45) is 7.84. The summed E-state index contributed by atoms with van der Waals surface area (Å²) in [5.74, 6) is 0.882. The summed E-state index contributed by atoms with van der Waals surface area (Å²) in [6.45, 7) is 1.43. The van der Waals surface area contributed by atoms with Crippen LogP contribution in [0.3, 0.4) is 0 Å². The van der Waals surface area contributed by atoms with Crippen molar-refractivity contribution in [2.45, 2.75) is 13.0 Å². The third-order valence-electron chi connectivity index (χ3n) is 3.55. The van der Waals surface area contributed by atoms with Gasteiger partial charge in [0.05, 0.1) is 0 Å². The van der Waals surface area contributed by atoms with E-state index in [1.54, 1.807) is 30.7 Å². The average Bonchev–Trinajstić information content (AvgIpc) is 3.08. The first-order chi connectivity index (χ1) is 11.3. The number of rotatable bonds is 6. The molecule has 116 valence electrons. The van der Waals surface area contributed by atoms with E-state index in [2.05, 4.69) is 19.9 Å². The molecule has 0 spiro atoms. The summed E-state index contributed by atoms with van der Waals surface area (Å²) in [5.41, 5.74) is 1.73. The molecule has 1 N–H and O–H groups in total. The Labute approximate surface area is 135 Å². The first kappa shape index (κ1) is 15.0. The maximum atomic E-state index is 11.9. The topological polar surface area (TPSA) is 59.8 Å². The van der Waals surface area contributed by atoms with Gasteiger partial charge in [-0.1, -0.05) is 30.3 Å². The van der Waals surface area contributed by atoms with Gasteiger partial charge in [-0.25, -0.2) is 4.98 Å². The normalized spacial score (nSPS) is 10.4. The summed E-state index contributed by atoms with van der Waals surface area (Å²) >= 11 is 0. The van der Waals surface area contributed by atoms with Gasteiger partial charge in [-0.2, -0.15) is 0 Å². The van der Waals surface area contributed by atoms with Crippen molar-refractivity contribution in [3.63, 3.8) is 0 Å². The van der Waals surface area contributed by atoms with Crippen molar-refractivity contribution in [2.24, 2.45) is 0 Å². The smallest absolute Gasteiger partial charge is 0.251 e. The van der Waals surface area contributed by atoms with Crippen LogP contribution >= 0.6 is 0 Å². The fourth-order valence-electron chi connectivity index (χ4n) is 2.39. The summed E-state index contributed by atoms with van der Waals surface area (Å²) in [4.78, 5) is 20.3. The number of benzene rings is 1. The molecule has 23 heavy (non-hydrogen) atoms. The van der Waals surface area contributed by atoms with Crippen LogP contribution in [0.1, 0.15) is 16.8 Å². The molecule has 0 radical (unpaired) electrons. The van der Waals surface area contributed by atoms with Crippen molar-refractivity contribution in [1.29, 1.82) is 0 Å². The van der Waals surface area contributed by atoms with Crippen LogP contribution in [-0.2, 0) is 6.54 Å². The van der Waals surface area contributed by atoms with Gasteiger partial charge in [-0.05, 0) is 18.6 Å². The van der Waals surface area contributed by atoms with Gasteiger partial charge in [-0.15, -0.1) is 0 Å². The summed E-state index contributed by atoms with van der Waals surface area (Å²) in [6, 6.07) is 13.5. The van der Waals surface area contributed by atoms with Crippen LogP contribution in [-0.4, -0.2) is 27.0 Å². The monoisotopic (exact) mass is 306 g/mol. The van der Waals surface area contributed by atoms with Crippen molar-refractivity contribution in [3.05, 3.63) is 72.8 Å². The van der Waals surface area contributed by atoms with E-state index in [9.17, 15) is 4.79 Å². The van der Waals surface area contributed by atoms with Crippen LogP contribution in [0.4, 0.5) is 0 Å². The Morgan fingerprint density at radius 2 is 1.83 bits per heavy atom. The zero-order valence-corrected chi connectivity index (χ0v) is 12.7. The van der Waals surface area contributed by atoms with Crippen molar-refractivity contribution >= 4 is 5.91 Å². The second-order valence-corrected chi connectivity index (χ2v) is 5.16. The van der Waals surface area contributed by atoms with Crippen LogP contribution < -0.4 is 5.32 Å². The lowest BCUT2D eigenvalue weighted by molar-refractivity contribution is 0.0952. The van der Waals surface area contributed by atoms with Gasteiger partial charge in [0.1, 0.15) is 5.82 Å². The average molecular weight is 306 g/mol. The molecule has 2 heterocycles. The molecule has 3 aromatic rings. The van der Waals surface area contributed by atoms with Crippen molar-refractivity contribution in [3.8, 4) is 11.4 Å². The Hall–Kier alpha value is -2.95. The molecule has 0 unspecified atom stereocenters. The standard InChI is InChI=1S/C18H18N4O/c23-18(16-7-10-19-11-8-16)21-9-4-13-22-14-12-20-17(22)15-5-2-1-3-6-15/h1-3,5-8,10-12,14H,4,9,13H2,(H,21,23). The highest BCUT2D eigenvalue weighted by molar-refractivity contribution is 5.93. The Kier molecular flexibility index (Phi) is 4.79. The van der Waals surface area contributed by atoms with Crippen molar-refractivity contribution in [2.75, 3.05) is 6.54 Å². The van der Waals surface area contributed by atoms with Gasteiger partial charge in [0.2, 0.25) is 0 Å². The zero-order chi connectivity index (χ0) is 15.9. The number of nitrogens with zero attached hydrogens (tertiary/aromatic N) is 3. The van der Waals surface area contributed by atoms with E-state index in [1.165, 1.54) is 0 Å². The van der Waals surface area contributed by atoms with Crippen LogP contribution in [0.2, 0.25) is 0 Å². The second-order valence-electron chi connectivity index (χ2n) is 5.16. The number of hydrogen-bond acceptors (Lipinski definition) is 3. The van der Waals surface area contributed by atoms with Gasteiger partial charge < -0.3 is 9.88 Å². The quantitative estimate of drug-likeness (QED) is 0.712. The fourth-order valence-corrected chi connectivity index (χ4v) is 2.39. The number of imidazole rings is 1. The lowest BCUT2D eigenvalue weighted by Gasteiger charge is -2.09. The number of aryl methyl sites for hydroxylation is 1. The van der Waals surface area contributed by atoms with Gasteiger partial charge in [0.25, 0.3) is 5.91 Å². The lowest BCUT2D eigenvalue weighted by Crippen LogP contribution is -2.25. The first-order valence-corrected chi connectivity index (χ1v) is 7.59. The Bertz CT molecular complexity index is 753. The lowest BCUT2D eigenvalue weighted by atomic mass is 10.2. The largest absolute Gasteiger partial charge is 0.352 e. The first-order valence-electron chi connectivity index (χ1n) is 7.59. The fraction of sp³-hybridized carbons (Fsp3) is 0.167. The minimum absolute atomic E-state index is 0.0682. The molecule has 5 nitrogen and oxygen atoms in total. The van der Waals surface area contributed by atoms with Gasteiger partial charge in [-0.3, -0.25) is 9.78 Å². The summed E-state index contributed by atoms with van der Waals surface area (Å²) < 4.78 is 2.11. The van der Waals surface area contributed by atoms with E-state index < -0.39 is 0 Å². The van der Waals surface area contributed by atoms with E-state index in [0.717, 1.165) is 24.4 Å². The van der Waals surface area contributed by atoms with Crippen LogP contribution in [0.15, 0.2) is 67.3 Å². The highest BCUT2D eigenvalue weighted by Gasteiger charge is 2.06. The number of amides is 1. The maximum absolute atomic E-state index is 11.9. The SMILES string of the molecule is O=C(NCCCn1ccnc1-c1ccccc1)c1ccncc1. The molecule has 1 aromatic carbocycles. The van der Waals surface area contributed by atoms with Crippen molar-refractivity contribution < 1.29 is 4.79 Å². The zero-order valence-electron chi connectivity index (χ0n) is 12.7. The molecule has 0 fully saturated rings. The molecule has 0 atom stereocenters. The summed E-state index contributed by atoms with van der Waals surface area (Å²) in [5, 5.41) is 2.92. The second kappa shape index (κ2) is 7.35. The predicted molar refractivity (Wildman–Crippen MR) is 88.9 cm³/mol. The van der Waals surface area contributed by atoms with Gasteiger partial charge >= 0.3 is 0 Å². The predicted octanol–water partition coefficient (Wildman–Crippen LogP) is 2.77. The Morgan fingerprint density at radius 3 is 2.61 bits per heavy atom. The third-order valence-corrected chi connectivity index (χ3v) is 3.55. The molecule has 0 saturated carbocycles. The molecule has 0 aliphatic rings. The molecular formula is C18H18N4O. The number of carbonyl (C=O) groups is 1. The van der Waals surface area contributed by atoms with E-state index in [-0.39, 0.29) is 5.91 Å². The Balaban J connectivity index is 1.52. The van der Waals surface area contributed by atoms with E-state index >= 15 is 0 Å². The van der Waals surface area contributed by atoms with Gasteiger partial charge in [0, 0.05) is 49.0 Å². The van der Waals surface area contributed by atoms with Crippen molar-refractivity contribution in [1.82, 2.24) is 19.9 Å². The number of hydrogen-bond donors (Lipinski definition) is 1. The highest BCUT2D eigenvalue weighted by Crippen LogP contribution is 2.16. The maximum Gasteiger partial charge on any atom is 0.251 e. The molecule has 5 heteroatoms. The van der Waals surface area contributed by atoms with Crippen LogP contribution in [0.25, 0.3) is 11.4 Å². The van der Waals surface area contributed by atoms with Gasteiger partial charge in [0.15, 0.2) is 0 Å². The molecule has 0 saturated heterocycles. The Morgan fingerprint density at radius 1 is 1.04 bits per heavy atom. The van der Waals surface area contributed by atoms with E-state index in [1.807, 2.05) is 36.5 Å². The third kappa shape index (κ3) is 3.83. The molecule has 0 bridgehead atoms. The summed E-state index contributed by atoms with van der Waals surface area (Å²) in [7, 11) is 0. The molecular weight excluding hydrogens is 288 g/mol. The minimum Gasteiger partial charge on any atom is -0.352 e. The molecule has 1 amide bonds. The van der Waals surface area contributed by atoms with E-state index in [4.69, 9.17) is 0 Å². The van der Waals surface area contributed by atoms with Crippen LogP contribution in [0, 0.1) is 0 Å². The number of pyridine rings is 1. The molecule has 2 aromatic heterocycles. The van der Waals surface area contributed by atoms with E-state index in [0.29, 0.717) is 12.1 Å². The number of nitrogens with one attached hydrogen (secondary N) is 1. The minimum atomic E-state index is -0.0682. The molecule has 0 aliphatic carbocycles. The molecule has 3 rings (SSSR count). The number of carbonyl (C=O) groups excluding carboxylic acids is 1. The van der Waals surface area contributed by atoms with Crippen LogP contribution in [0.5, 0.6) is 0 Å². The number of aromatic nitrogens is 3.